The predicted octanol–water partition coefficient (Wildman–Crippen LogP) is -0.449. The Labute approximate surface area is 88.0 Å². The molecule has 0 aliphatic heterocycles. The summed E-state index contributed by atoms with van der Waals surface area (Å²) in [6.45, 7) is 0. The molecule has 0 aromatic carbocycles. The Morgan fingerprint density at radius 1 is 1.40 bits per heavy atom. The van der Waals surface area contributed by atoms with Gasteiger partial charge in [-0.2, -0.15) is 0 Å². The van der Waals surface area contributed by atoms with Crippen molar-refractivity contribution >= 4 is 15.8 Å². The number of carbonyl (C=O) groups excluding carboxylic acids is 1. The lowest BCUT2D eigenvalue weighted by Gasteiger charge is -2.09. The molecule has 1 heterocycles. The van der Waals surface area contributed by atoms with Gasteiger partial charge in [0.15, 0.2) is 5.78 Å². The molecule has 1 aromatic rings. The number of nitrogens with zero attached hydrogens (tertiary/aromatic N) is 3. The minimum atomic E-state index is -3.53. The van der Waals surface area contributed by atoms with Crippen LogP contribution in [0.3, 0.4) is 0 Å². The zero-order chi connectivity index (χ0) is 11.5. The van der Waals surface area contributed by atoms with Crippen molar-refractivity contribution in [3.8, 4) is 0 Å². The van der Waals surface area contributed by atoms with Crippen LogP contribution < -0.4 is 0 Å². The number of ketones is 1. The second kappa shape index (κ2) is 4.45. The summed E-state index contributed by atoms with van der Waals surface area (Å²) in [5.41, 5.74) is 0.0583. The van der Waals surface area contributed by atoms with Crippen LogP contribution in [0.25, 0.3) is 0 Å². The number of Topliss-reactive ketones (excluding diaryl/α,β-unsaturated/α-hetero) is 1. The van der Waals surface area contributed by atoms with E-state index in [1.807, 2.05) is 0 Å². The highest BCUT2D eigenvalue weighted by Crippen LogP contribution is 2.00. The third kappa shape index (κ3) is 3.07. The van der Waals surface area contributed by atoms with E-state index < -0.39 is 21.6 Å². The largest absolute Gasteiger partial charge is 0.291 e. The average molecular weight is 229 g/mol. The summed E-state index contributed by atoms with van der Waals surface area (Å²) in [5, 5.41) is 0. The van der Waals surface area contributed by atoms with Crippen LogP contribution in [0.5, 0.6) is 0 Å². The molecule has 0 N–H and O–H groups in total. The number of hydrogen-bond acceptors (Lipinski definition) is 5. The summed E-state index contributed by atoms with van der Waals surface area (Å²) in [6, 6.07) is 0. The first-order valence-electron chi connectivity index (χ1n) is 4.13. The fourth-order valence-corrected chi connectivity index (χ4v) is 1.55. The number of hydrogen-bond donors (Lipinski definition) is 0. The van der Waals surface area contributed by atoms with Crippen LogP contribution in [0.2, 0.25) is 0 Å². The topological polar surface area (TPSA) is 80.2 Å². The number of aromatic nitrogens is 2. The second-order valence-electron chi connectivity index (χ2n) is 3.05. The molecule has 7 heteroatoms. The van der Waals surface area contributed by atoms with Crippen molar-refractivity contribution < 1.29 is 13.2 Å². The first-order valence-corrected chi connectivity index (χ1v) is 5.74. The Hall–Kier alpha value is -1.34. The van der Waals surface area contributed by atoms with Gasteiger partial charge in [0.05, 0.1) is 6.20 Å². The Balaban J connectivity index is 2.82. The Kier molecular flexibility index (Phi) is 3.48. The van der Waals surface area contributed by atoms with E-state index in [1.165, 1.54) is 32.7 Å². The maximum Gasteiger partial charge on any atom is 0.221 e. The lowest BCUT2D eigenvalue weighted by Crippen LogP contribution is -2.29. The Morgan fingerprint density at radius 3 is 2.53 bits per heavy atom. The smallest absolute Gasteiger partial charge is 0.221 e. The SMILES string of the molecule is CN(C)S(=O)(=O)CC(=O)c1cnccn1. The average Bonchev–Trinajstić information content (AvgIpc) is 2.18. The molecule has 0 atom stereocenters. The van der Waals surface area contributed by atoms with Crippen LogP contribution in [0.15, 0.2) is 18.6 Å². The molecule has 0 saturated heterocycles. The minimum absolute atomic E-state index is 0.0583. The van der Waals surface area contributed by atoms with Gasteiger partial charge in [-0.3, -0.25) is 9.78 Å². The monoisotopic (exact) mass is 229 g/mol. The number of sulfonamides is 1. The molecule has 0 bridgehead atoms. The molecule has 1 rings (SSSR count). The molecule has 0 aliphatic rings. The molecular formula is C8H11N3O3S. The van der Waals surface area contributed by atoms with E-state index in [-0.39, 0.29) is 5.69 Å². The number of rotatable bonds is 4. The molecule has 15 heavy (non-hydrogen) atoms. The maximum atomic E-state index is 11.5. The molecule has 0 radical (unpaired) electrons. The van der Waals surface area contributed by atoms with Crippen molar-refractivity contribution in [3.63, 3.8) is 0 Å². The summed E-state index contributed by atoms with van der Waals surface area (Å²) in [6.07, 6.45) is 4.00. The van der Waals surface area contributed by atoms with E-state index in [0.717, 1.165) is 4.31 Å². The van der Waals surface area contributed by atoms with E-state index in [4.69, 9.17) is 0 Å². The molecule has 0 unspecified atom stereocenters. The standard InChI is InChI=1S/C8H11N3O3S/c1-11(2)15(13,14)6-8(12)7-5-9-3-4-10-7/h3-5H,6H2,1-2H3. The highest BCUT2D eigenvalue weighted by molar-refractivity contribution is 7.89. The van der Waals surface area contributed by atoms with Gasteiger partial charge < -0.3 is 0 Å². The third-order valence-corrected chi connectivity index (χ3v) is 3.46. The van der Waals surface area contributed by atoms with Gasteiger partial charge in [-0.1, -0.05) is 0 Å². The molecule has 82 valence electrons. The lowest BCUT2D eigenvalue weighted by atomic mass is 10.3. The molecule has 0 aliphatic carbocycles. The molecule has 0 spiro atoms. The van der Waals surface area contributed by atoms with E-state index in [9.17, 15) is 13.2 Å². The van der Waals surface area contributed by atoms with Gasteiger partial charge in [0, 0.05) is 26.5 Å². The summed E-state index contributed by atoms with van der Waals surface area (Å²) in [5.74, 6) is -1.14. The van der Waals surface area contributed by atoms with E-state index in [2.05, 4.69) is 9.97 Å². The lowest BCUT2D eigenvalue weighted by molar-refractivity contribution is 0.101. The van der Waals surface area contributed by atoms with Gasteiger partial charge in [-0.25, -0.2) is 17.7 Å². The summed E-state index contributed by atoms with van der Waals surface area (Å²) in [7, 11) is -0.781. The zero-order valence-electron chi connectivity index (χ0n) is 8.41. The first kappa shape index (κ1) is 11.7. The van der Waals surface area contributed by atoms with Crippen LogP contribution in [0, 0.1) is 0 Å². The highest BCUT2D eigenvalue weighted by Gasteiger charge is 2.20. The molecule has 6 nitrogen and oxygen atoms in total. The summed E-state index contributed by atoms with van der Waals surface area (Å²) in [4.78, 5) is 18.9. The maximum absolute atomic E-state index is 11.5. The van der Waals surface area contributed by atoms with Crippen molar-refractivity contribution in [2.24, 2.45) is 0 Å². The van der Waals surface area contributed by atoms with Gasteiger partial charge in [-0.05, 0) is 0 Å². The van der Waals surface area contributed by atoms with E-state index >= 15 is 0 Å². The van der Waals surface area contributed by atoms with Crippen molar-refractivity contribution in [1.29, 1.82) is 0 Å². The fourth-order valence-electron chi connectivity index (χ4n) is 0.812. The van der Waals surface area contributed by atoms with Gasteiger partial charge >= 0.3 is 0 Å². The van der Waals surface area contributed by atoms with Crippen LogP contribution in [-0.4, -0.2) is 48.3 Å². The van der Waals surface area contributed by atoms with Crippen LogP contribution in [0.4, 0.5) is 0 Å². The predicted molar refractivity (Wildman–Crippen MR) is 53.8 cm³/mol. The van der Waals surface area contributed by atoms with Crippen molar-refractivity contribution in [3.05, 3.63) is 24.3 Å². The van der Waals surface area contributed by atoms with Gasteiger partial charge in [0.2, 0.25) is 10.0 Å². The van der Waals surface area contributed by atoms with Crippen molar-refractivity contribution in [2.75, 3.05) is 19.8 Å². The quantitative estimate of drug-likeness (QED) is 0.653. The van der Waals surface area contributed by atoms with Crippen LogP contribution >= 0.6 is 0 Å². The van der Waals surface area contributed by atoms with Crippen molar-refractivity contribution in [1.82, 2.24) is 14.3 Å². The van der Waals surface area contributed by atoms with Gasteiger partial charge in [0.1, 0.15) is 11.4 Å². The summed E-state index contributed by atoms with van der Waals surface area (Å²) < 4.78 is 23.7. The van der Waals surface area contributed by atoms with Crippen LogP contribution in [0.1, 0.15) is 10.5 Å². The fraction of sp³-hybridized carbons (Fsp3) is 0.375. The molecule has 0 amide bonds. The van der Waals surface area contributed by atoms with Gasteiger partial charge in [-0.15, -0.1) is 0 Å². The highest BCUT2D eigenvalue weighted by atomic mass is 32.2. The number of carbonyl (C=O) groups is 1. The van der Waals surface area contributed by atoms with E-state index in [0.29, 0.717) is 0 Å². The second-order valence-corrected chi connectivity index (χ2v) is 5.24. The van der Waals surface area contributed by atoms with Crippen LogP contribution in [-0.2, 0) is 10.0 Å². The van der Waals surface area contributed by atoms with E-state index in [1.54, 1.807) is 0 Å². The zero-order valence-corrected chi connectivity index (χ0v) is 9.23. The molecule has 1 aromatic heterocycles. The Morgan fingerprint density at radius 2 is 2.07 bits per heavy atom. The Bertz CT molecular complexity index is 441. The molecule has 0 fully saturated rings. The summed E-state index contributed by atoms with van der Waals surface area (Å²) >= 11 is 0. The normalized spacial score (nSPS) is 11.7. The minimum Gasteiger partial charge on any atom is -0.291 e. The first-order chi connectivity index (χ1) is 6.93. The van der Waals surface area contributed by atoms with Gasteiger partial charge in [0.25, 0.3) is 0 Å². The molecule has 0 saturated carbocycles. The third-order valence-electron chi connectivity index (χ3n) is 1.72. The molecular weight excluding hydrogens is 218 g/mol. The van der Waals surface area contributed by atoms with Crippen molar-refractivity contribution in [2.45, 2.75) is 0 Å².